The van der Waals surface area contributed by atoms with Gasteiger partial charge in [0.1, 0.15) is 6.26 Å². The average molecular weight is 253 g/mol. The van der Waals surface area contributed by atoms with E-state index in [0.717, 1.165) is 11.3 Å². The molecule has 0 aliphatic rings. The second-order valence-electron chi connectivity index (χ2n) is 3.79. The fourth-order valence-electron chi connectivity index (χ4n) is 1.58. The average Bonchev–Trinajstić information content (AvgIpc) is 3.00. The lowest BCUT2D eigenvalue weighted by atomic mass is 10.2. The number of pyridine rings is 1. The number of nitrogens with zero attached hydrogens (tertiary/aromatic N) is 4. The molecule has 0 aromatic carbocycles. The lowest BCUT2D eigenvalue weighted by Crippen LogP contribution is -2.03. The Bertz CT molecular complexity index is 622. The molecule has 3 aromatic rings. The van der Waals surface area contributed by atoms with E-state index in [-0.39, 0.29) is 0 Å². The van der Waals surface area contributed by atoms with Gasteiger partial charge in [0.2, 0.25) is 11.8 Å². The lowest BCUT2D eigenvalue weighted by molar-refractivity contribution is 0.503. The summed E-state index contributed by atoms with van der Waals surface area (Å²) < 4.78 is 5.11. The fraction of sp³-hybridized carbons (Fsp3) is 0.0769. The minimum absolute atomic E-state index is 0.454. The van der Waals surface area contributed by atoms with Gasteiger partial charge in [-0.25, -0.2) is 15.0 Å². The van der Waals surface area contributed by atoms with Gasteiger partial charge >= 0.3 is 0 Å². The number of hydrogen-bond donors (Lipinski definition) is 1. The van der Waals surface area contributed by atoms with Gasteiger partial charge in [0.25, 0.3) is 0 Å². The summed E-state index contributed by atoms with van der Waals surface area (Å²) in [5.41, 5.74) is 1.73. The van der Waals surface area contributed by atoms with Gasteiger partial charge in [-0.05, 0) is 12.1 Å². The van der Waals surface area contributed by atoms with E-state index in [4.69, 9.17) is 4.42 Å². The fourth-order valence-corrected chi connectivity index (χ4v) is 1.58. The van der Waals surface area contributed by atoms with E-state index in [0.29, 0.717) is 18.4 Å². The predicted octanol–water partition coefficient (Wildman–Crippen LogP) is 2.14. The van der Waals surface area contributed by atoms with Gasteiger partial charge < -0.3 is 9.73 Å². The molecule has 6 heteroatoms. The maximum Gasteiger partial charge on any atom is 0.223 e. The predicted molar refractivity (Wildman–Crippen MR) is 69.1 cm³/mol. The van der Waals surface area contributed by atoms with Gasteiger partial charge in [0, 0.05) is 24.2 Å². The summed E-state index contributed by atoms with van der Waals surface area (Å²) in [6.07, 6.45) is 8.33. The molecule has 3 heterocycles. The summed E-state index contributed by atoms with van der Waals surface area (Å²) in [5.74, 6) is 1.12. The summed E-state index contributed by atoms with van der Waals surface area (Å²) >= 11 is 0. The Hall–Kier alpha value is -2.76. The molecule has 6 nitrogen and oxygen atoms in total. The van der Waals surface area contributed by atoms with Crippen LogP contribution in [0.2, 0.25) is 0 Å². The Morgan fingerprint density at radius 1 is 1.00 bits per heavy atom. The molecule has 0 aliphatic carbocycles. The molecule has 0 saturated heterocycles. The zero-order valence-corrected chi connectivity index (χ0v) is 10.0. The van der Waals surface area contributed by atoms with Crippen molar-refractivity contribution in [2.75, 3.05) is 5.32 Å². The van der Waals surface area contributed by atoms with Gasteiger partial charge in [-0.1, -0.05) is 6.07 Å². The molecule has 0 amide bonds. The van der Waals surface area contributed by atoms with Crippen molar-refractivity contribution in [2.45, 2.75) is 6.54 Å². The molecular weight excluding hydrogens is 242 g/mol. The van der Waals surface area contributed by atoms with Crippen LogP contribution in [-0.4, -0.2) is 19.9 Å². The van der Waals surface area contributed by atoms with Gasteiger partial charge in [0.15, 0.2) is 0 Å². The summed E-state index contributed by atoms with van der Waals surface area (Å²) in [7, 11) is 0. The summed E-state index contributed by atoms with van der Waals surface area (Å²) in [5, 5.41) is 3.03. The van der Waals surface area contributed by atoms with Crippen molar-refractivity contribution in [3.8, 4) is 11.3 Å². The third-order valence-electron chi connectivity index (χ3n) is 2.49. The number of hydrogen-bond acceptors (Lipinski definition) is 6. The van der Waals surface area contributed by atoms with Crippen molar-refractivity contribution in [2.24, 2.45) is 0 Å². The van der Waals surface area contributed by atoms with Gasteiger partial charge in [-0.15, -0.1) is 0 Å². The van der Waals surface area contributed by atoms with Crippen molar-refractivity contribution in [1.82, 2.24) is 19.9 Å². The third kappa shape index (κ3) is 2.74. The second kappa shape index (κ2) is 5.26. The molecule has 0 bridgehead atoms. The van der Waals surface area contributed by atoms with Crippen LogP contribution in [0.25, 0.3) is 11.3 Å². The molecule has 19 heavy (non-hydrogen) atoms. The Morgan fingerprint density at radius 2 is 1.89 bits per heavy atom. The number of anilines is 1. The van der Waals surface area contributed by atoms with Crippen LogP contribution in [0.4, 0.5) is 5.95 Å². The Balaban J connectivity index is 1.69. The van der Waals surface area contributed by atoms with Crippen molar-refractivity contribution in [1.29, 1.82) is 0 Å². The van der Waals surface area contributed by atoms with E-state index < -0.39 is 0 Å². The van der Waals surface area contributed by atoms with Crippen LogP contribution in [0.5, 0.6) is 0 Å². The van der Waals surface area contributed by atoms with Crippen LogP contribution in [0.3, 0.4) is 0 Å². The quantitative estimate of drug-likeness (QED) is 0.767. The van der Waals surface area contributed by atoms with Crippen LogP contribution in [-0.2, 0) is 6.54 Å². The maximum atomic E-state index is 5.11. The highest BCUT2D eigenvalue weighted by Crippen LogP contribution is 2.14. The lowest BCUT2D eigenvalue weighted by Gasteiger charge is -2.03. The van der Waals surface area contributed by atoms with E-state index in [1.165, 1.54) is 6.26 Å². The van der Waals surface area contributed by atoms with E-state index in [1.807, 2.05) is 18.2 Å². The van der Waals surface area contributed by atoms with Crippen molar-refractivity contribution < 1.29 is 4.42 Å². The highest BCUT2D eigenvalue weighted by molar-refractivity contribution is 5.56. The van der Waals surface area contributed by atoms with E-state index in [2.05, 4.69) is 25.3 Å². The first-order valence-corrected chi connectivity index (χ1v) is 5.77. The molecule has 0 saturated carbocycles. The van der Waals surface area contributed by atoms with Gasteiger partial charge in [0.05, 0.1) is 18.4 Å². The Labute approximate surface area is 109 Å². The van der Waals surface area contributed by atoms with Crippen molar-refractivity contribution in [3.63, 3.8) is 0 Å². The second-order valence-corrected chi connectivity index (χ2v) is 3.79. The smallest absolute Gasteiger partial charge is 0.223 e. The standard InChI is InChI=1S/C13H11N5O/c1-2-4-14-11(3-1)10-7-16-13(17-8-10)18-9-12-15-5-6-19-12/h1-8H,9H2,(H,16,17,18). The molecule has 0 spiro atoms. The number of nitrogens with one attached hydrogen (secondary N) is 1. The highest BCUT2D eigenvalue weighted by Gasteiger charge is 2.02. The van der Waals surface area contributed by atoms with Crippen LogP contribution in [0, 0.1) is 0 Å². The largest absolute Gasteiger partial charge is 0.447 e. The van der Waals surface area contributed by atoms with E-state index in [1.54, 1.807) is 24.8 Å². The van der Waals surface area contributed by atoms with Gasteiger partial charge in [-0.2, -0.15) is 0 Å². The van der Waals surface area contributed by atoms with Crippen LogP contribution in [0.1, 0.15) is 5.89 Å². The molecule has 0 aliphatic heterocycles. The monoisotopic (exact) mass is 253 g/mol. The minimum Gasteiger partial charge on any atom is -0.447 e. The molecule has 0 unspecified atom stereocenters. The van der Waals surface area contributed by atoms with Crippen LogP contribution in [0.15, 0.2) is 53.7 Å². The molecule has 0 atom stereocenters. The number of oxazole rings is 1. The van der Waals surface area contributed by atoms with Gasteiger partial charge in [-0.3, -0.25) is 4.98 Å². The molecule has 3 aromatic heterocycles. The molecule has 94 valence electrons. The van der Waals surface area contributed by atoms with Crippen LogP contribution < -0.4 is 5.32 Å². The summed E-state index contributed by atoms with van der Waals surface area (Å²) in [6.45, 7) is 0.454. The van der Waals surface area contributed by atoms with Crippen molar-refractivity contribution in [3.05, 3.63) is 55.1 Å². The first kappa shape index (κ1) is 11.3. The number of aromatic nitrogens is 4. The topological polar surface area (TPSA) is 76.7 Å². The molecule has 0 fully saturated rings. The third-order valence-corrected chi connectivity index (χ3v) is 2.49. The highest BCUT2D eigenvalue weighted by atomic mass is 16.3. The molecule has 0 radical (unpaired) electrons. The first-order valence-electron chi connectivity index (χ1n) is 5.77. The first-order chi connectivity index (χ1) is 9.42. The normalized spacial score (nSPS) is 10.3. The zero-order valence-electron chi connectivity index (χ0n) is 10.0. The Morgan fingerprint density at radius 3 is 2.58 bits per heavy atom. The summed E-state index contributed by atoms with van der Waals surface area (Å²) in [6, 6.07) is 5.71. The zero-order chi connectivity index (χ0) is 12.9. The van der Waals surface area contributed by atoms with Crippen LogP contribution >= 0.6 is 0 Å². The minimum atomic E-state index is 0.454. The molecule has 3 rings (SSSR count). The summed E-state index contributed by atoms with van der Waals surface area (Å²) in [4.78, 5) is 16.7. The van der Waals surface area contributed by atoms with Crippen molar-refractivity contribution >= 4 is 5.95 Å². The van der Waals surface area contributed by atoms with E-state index in [9.17, 15) is 0 Å². The van der Waals surface area contributed by atoms with E-state index >= 15 is 0 Å². The maximum absolute atomic E-state index is 5.11. The molecule has 1 N–H and O–H groups in total. The molecular formula is C13H11N5O. The Kier molecular flexibility index (Phi) is 3.14. The number of rotatable bonds is 4. The SMILES string of the molecule is c1ccc(-c2cnc(NCc3ncco3)nc2)nc1.